The van der Waals surface area contributed by atoms with Crippen LogP contribution in [0.15, 0.2) is 18.2 Å². The van der Waals surface area contributed by atoms with E-state index in [0.29, 0.717) is 5.69 Å². The van der Waals surface area contributed by atoms with Crippen molar-refractivity contribution in [2.24, 2.45) is 18.7 Å². The first-order chi connectivity index (χ1) is 10.3. The van der Waals surface area contributed by atoms with E-state index < -0.39 is 11.9 Å². The highest BCUT2D eigenvalue weighted by Gasteiger charge is 2.25. The summed E-state index contributed by atoms with van der Waals surface area (Å²) in [5, 5.41) is 3.81. The number of benzene rings is 1. The zero-order valence-corrected chi connectivity index (χ0v) is 13.7. The van der Waals surface area contributed by atoms with E-state index >= 15 is 0 Å². The summed E-state index contributed by atoms with van der Waals surface area (Å²) in [5.74, 6) is -0.845. The molecule has 22 heavy (non-hydrogen) atoms. The standard InChI is InChI=1S/C17H23N3O2/c1-9(2)13(16(18)21)19-17(22)15-11(4)12-8-6-7-10(3)14(12)20(15)5/h6-9,13H,1-5H3,(H2,18,21)(H,19,22)/t13-/m0/s1. The largest absolute Gasteiger partial charge is 0.368 e. The van der Waals surface area contributed by atoms with E-state index in [1.807, 2.05) is 57.5 Å². The number of nitrogens with one attached hydrogen (secondary N) is 1. The van der Waals surface area contributed by atoms with Crippen LogP contribution >= 0.6 is 0 Å². The van der Waals surface area contributed by atoms with Crippen molar-refractivity contribution in [3.8, 4) is 0 Å². The highest BCUT2D eigenvalue weighted by atomic mass is 16.2. The normalized spacial score (nSPS) is 12.6. The van der Waals surface area contributed by atoms with E-state index in [2.05, 4.69) is 5.32 Å². The van der Waals surface area contributed by atoms with Crippen LogP contribution in [0.3, 0.4) is 0 Å². The van der Waals surface area contributed by atoms with Gasteiger partial charge in [-0.25, -0.2) is 0 Å². The van der Waals surface area contributed by atoms with Gasteiger partial charge in [0.15, 0.2) is 0 Å². The van der Waals surface area contributed by atoms with Gasteiger partial charge in [-0.05, 0) is 30.9 Å². The maximum absolute atomic E-state index is 12.6. The Morgan fingerprint density at radius 2 is 1.86 bits per heavy atom. The summed E-state index contributed by atoms with van der Waals surface area (Å²) in [6, 6.07) is 5.32. The quantitative estimate of drug-likeness (QED) is 0.906. The molecule has 118 valence electrons. The summed E-state index contributed by atoms with van der Waals surface area (Å²) in [4.78, 5) is 24.2. The first-order valence-electron chi connectivity index (χ1n) is 7.40. The molecule has 0 saturated carbocycles. The Labute approximate surface area is 130 Å². The van der Waals surface area contributed by atoms with Crippen LogP contribution in [0.1, 0.15) is 35.5 Å². The fourth-order valence-corrected chi connectivity index (χ4v) is 3.00. The number of carbonyl (C=O) groups is 2. The summed E-state index contributed by atoms with van der Waals surface area (Å²) in [6.07, 6.45) is 0. The topological polar surface area (TPSA) is 77.1 Å². The van der Waals surface area contributed by atoms with Gasteiger partial charge in [-0.1, -0.05) is 32.0 Å². The number of nitrogens with zero attached hydrogens (tertiary/aromatic N) is 1. The number of rotatable bonds is 4. The lowest BCUT2D eigenvalue weighted by molar-refractivity contribution is -0.120. The molecule has 0 saturated heterocycles. The minimum Gasteiger partial charge on any atom is -0.368 e. The zero-order valence-electron chi connectivity index (χ0n) is 13.7. The van der Waals surface area contributed by atoms with E-state index in [9.17, 15) is 9.59 Å². The van der Waals surface area contributed by atoms with Gasteiger partial charge in [0.2, 0.25) is 5.91 Å². The summed E-state index contributed by atoms with van der Waals surface area (Å²) >= 11 is 0. The molecule has 0 spiro atoms. The van der Waals surface area contributed by atoms with E-state index in [1.54, 1.807) is 0 Å². The minimum absolute atomic E-state index is 0.0572. The molecule has 0 aliphatic heterocycles. The number of fused-ring (bicyclic) bond motifs is 1. The third-order valence-electron chi connectivity index (χ3n) is 4.14. The van der Waals surface area contributed by atoms with Crippen LogP contribution in [0.2, 0.25) is 0 Å². The lowest BCUT2D eigenvalue weighted by Gasteiger charge is -2.19. The first-order valence-corrected chi connectivity index (χ1v) is 7.40. The summed E-state index contributed by atoms with van der Waals surface area (Å²) in [5.41, 5.74) is 8.99. The Balaban J connectivity index is 2.49. The monoisotopic (exact) mass is 301 g/mol. The second-order valence-corrected chi connectivity index (χ2v) is 6.10. The fourth-order valence-electron chi connectivity index (χ4n) is 3.00. The lowest BCUT2D eigenvalue weighted by atomic mass is 10.0. The minimum atomic E-state index is -0.675. The lowest BCUT2D eigenvalue weighted by Crippen LogP contribution is -2.48. The number of para-hydroxylation sites is 1. The Bertz CT molecular complexity index is 744. The van der Waals surface area contributed by atoms with Crippen molar-refractivity contribution < 1.29 is 9.59 Å². The van der Waals surface area contributed by atoms with Gasteiger partial charge in [-0.15, -0.1) is 0 Å². The molecular weight excluding hydrogens is 278 g/mol. The number of hydrogen-bond donors (Lipinski definition) is 2. The summed E-state index contributed by atoms with van der Waals surface area (Å²) in [6.45, 7) is 7.65. The van der Waals surface area contributed by atoms with Gasteiger partial charge in [-0.2, -0.15) is 0 Å². The van der Waals surface area contributed by atoms with Gasteiger partial charge in [0.1, 0.15) is 11.7 Å². The molecule has 0 unspecified atom stereocenters. The van der Waals surface area contributed by atoms with Crippen LogP contribution in [-0.4, -0.2) is 22.4 Å². The first kappa shape index (κ1) is 16.1. The smallest absolute Gasteiger partial charge is 0.268 e. The number of aromatic nitrogens is 1. The molecular formula is C17H23N3O2. The van der Waals surface area contributed by atoms with Crippen LogP contribution in [-0.2, 0) is 11.8 Å². The van der Waals surface area contributed by atoms with Crippen molar-refractivity contribution in [1.29, 1.82) is 0 Å². The molecule has 0 aliphatic carbocycles. The average Bonchev–Trinajstić information content (AvgIpc) is 2.68. The van der Waals surface area contributed by atoms with Crippen molar-refractivity contribution in [1.82, 2.24) is 9.88 Å². The van der Waals surface area contributed by atoms with Crippen molar-refractivity contribution >= 4 is 22.7 Å². The molecule has 5 nitrogen and oxygen atoms in total. The molecule has 1 aromatic heterocycles. The van der Waals surface area contributed by atoms with Crippen LogP contribution in [0.4, 0.5) is 0 Å². The molecule has 1 heterocycles. The molecule has 0 radical (unpaired) electrons. The molecule has 2 rings (SSSR count). The molecule has 3 N–H and O–H groups in total. The molecule has 0 bridgehead atoms. The summed E-state index contributed by atoms with van der Waals surface area (Å²) < 4.78 is 1.88. The predicted molar refractivity (Wildman–Crippen MR) is 87.7 cm³/mol. The zero-order chi connectivity index (χ0) is 16.6. The number of amides is 2. The average molecular weight is 301 g/mol. The Kier molecular flexibility index (Phi) is 4.26. The second kappa shape index (κ2) is 5.83. The maximum atomic E-state index is 12.6. The van der Waals surface area contributed by atoms with Gasteiger partial charge in [0.25, 0.3) is 5.91 Å². The van der Waals surface area contributed by atoms with Crippen molar-refractivity contribution in [2.75, 3.05) is 0 Å². The SMILES string of the molecule is Cc1c(C(=O)N[C@H](C(N)=O)C(C)C)n(C)c2c(C)cccc12. The number of nitrogens with two attached hydrogens (primary N) is 1. The number of hydrogen-bond acceptors (Lipinski definition) is 2. The van der Waals surface area contributed by atoms with Crippen molar-refractivity contribution in [3.05, 3.63) is 35.0 Å². The van der Waals surface area contributed by atoms with Crippen LogP contribution in [0.5, 0.6) is 0 Å². The molecule has 1 atom stereocenters. The number of carbonyl (C=O) groups excluding carboxylic acids is 2. The Hall–Kier alpha value is -2.30. The highest BCUT2D eigenvalue weighted by molar-refractivity contribution is 6.03. The van der Waals surface area contributed by atoms with Gasteiger partial charge in [0, 0.05) is 12.4 Å². The molecule has 2 amide bonds. The van der Waals surface area contributed by atoms with Crippen molar-refractivity contribution in [3.63, 3.8) is 0 Å². The van der Waals surface area contributed by atoms with Gasteiger partial charge >= 0.3 is 0 Å². The molecule has 0 aliphatic rings. The van der Waals surface area contributed by atoms with E-state index in [-0.39, 0.29) is 11.8 Å². The van der Waals surface area contributed by atoms with E-state index in [4.69, 9.17) is 5.73 Å². The molecule has 5 heteroatoms. The maximum Gasteiger partial charge on any atom is 0.268 e. The second-order valence-electron chi connectivity index (χ2n) is 6.10. The van der Waals surface area contributed by atoms with Crippen LogP contribution in [0.25, 0.3) is 10.9 Å². The fraction of sp³-hybridized carbons (Fsp3) is 0.412. The third kappa shape index (κ3) is 2.58. The van der Waals surface area contributed by atoms with E-state index in [1.165, 1.54) is 0 Å². The third-order valence-corrected chi connectivity index (χ3v) is 4.14. The molecule has 2 aromatic rings. The van der Waals surface area contributed by atoms with Gasteiger partial charge < -0.3 is 15.6 Å². The molecule has 0 fully saturated rings. The van der Waals surface area contributed by atoms with Crippen molar-refractivity contribution in [2.45, 2.75) is 33.7 Å². The number of primary amides is 1. The summed E-state index contributed by atoms with van der Waals surface area (Å²) in [7, 11) is 1.87. The van der Waals surface area contributed by atoms with Crippen LogP contribution in [0, 0.1) is 19.8 Å². The molecule has 1 aromatic carbocycles. The highest BCUT2D eigenvalue weighted by Crippen LogP contribution is 2.27. The van der Waals surface area contributed by atoms with E-state index in [0.717, 1.165) is 22.0 Å². The predicted octanol–water partition coefficient (Wildman–Crippen LogP) is 2.03. The number of aryl methyl sites for hydroxylation is 3. The Morgan fingerprint density at radius 1 is 1.23 bits per heavy atom. The Morgan fingerprint density at radius 3 is 2.36 bits per heavy atom. The van der Waals surface area contributed by atoms with Gasteiger partial charge in [-0.3, -0.25) is 9.59 Å². The van der Waals surface area contributed by atoms with Gasteiger partial charge in [0.05, 0.1) is 5.52 Å². The van der Waals surface area contributed by atoms with Crippen LogP contribution < -0.4 is 11.1 Å².